The highest BCUT2D eigenvalue weighted by atomic mass is 16.4. The second-order valence-electron chi connectivity index (χ2n) is 5.14. The van der Waals surface area contributed by atoms with Crippen molar-refractivity contribution in [2.75, 3.05) is 6.54 Å². The van der Waals surface area contributed by atoms with E-state index in [4.69, 9.17) is 5.11 Å². The van der Waals surface area contributed by atoms with Gasteiger partial charge in [-0.25, -0.2) is 4.79 Å². The number of rotatable bonds is 6. The van der Waals surface area contributed by atoms with Crippen LogP contribution < -0.4 is 0 Å². The summed E-state index contributed by atoms with van der Waals surface area (Å²) >= 11 is 0. The number of aliphatic carboxylic acids is 1. The Balaban J connectivity index is 0.000000367. The van der Waals surface area contributed by atoms with Gasteiger partial charge in [-0.3, -0.25) is 4.90 Å². The SMILES string of the molecule is CCCCN(C(C)O)C(C)O.O=C(O)C1=CCCCC1. The largest absolute Gasteiger partial charge is 0.478 e. The van der Waals surface area contributed by atoms with Crippen molar-refractivity contribution < 1.29 is 20.1 Å². The average molecular weight is 287 g/mol. The minimum atomic E-state index is -0.741. The normalized spacial score (nSPS) is 17.8. The standard InChI is InChI=1S/C8H19NO2.C7H10O2/c1-4-5-6-9(7(2)10)8(3)11;8-7(9)6-4-2-1-3-5-6/h7-8,10-11H,4-6H2,1-3H3;4H,1-3,5H2,(H,8,9). The number of carboxylic acids is 1. The molecule has 20 heavy (non-hydrogen) atoms. The monoisotopic (exact) mass is 287 g/mol. The summed E-state index contributed by atoms with van der Waals surface area (Å²) in [5.41, 5.74) is 0.598. The summed E-state index contributed by atoms with van der Waals surface area (Å²) in [6, 6.07) is 0. The Labute approximate surface area is 121 Å². The molecule has 0 saturated heterocycles. The number of carbonyl (C=O) groups is 1. The molecule has 3 N–H and O–H groups in total. The van der Waals surface area contributed by atoms with Gasteiger partial charge in [0.2, 0.25) is 0 Å². The Morgan fingerprint density at radius 3 is 2.20 bits per heavy atom. The molecule has 1 aliphatic carbocycles. The number of carboxylic acid groups (broad SMARTS) is 1. The number of unbranched alkanes of at least 4 members (excludes halogenated alkanes) is 1. The number of hydrogen-bond acceptors (Lipinski definition) is 4. The molecule has 0 bridgehead atoms. The Morgan fingerprint density at radius 2 is 1.90 bits per heavy atom. The van der Waals surface area contributed by atoms with Gasteiger partial charge in [0.1, 0.15) is 12.5 Å². The van der Waals surface area contributed by atoms with Crippen LogP contribution >= 0.6 is 0 Å². The molecule has 2 unspecified atom stereocenters. The highest BCUT2D eigenvalue weighted by molar-refractivity contribution is 5.86. The molecular formula is C15H29NO4. The smallest absolute Gasteiger partial charge is 0.331 e. The Morgan fingerprint density at radius 1 is 1.30 bits per heavy atom. The summed E-state index contributed by atoms with van der Waals surface area (Å²) in [5.74, 6) is -0.741. The van der Waals surface area contributed by atoms with Gasteiger partial charge in [0.15, 0.2) is 0 Å². The quantitative estimate of drug-likeness (QED) is 0.653. The van der Waals surface area contributed by atoms with Crippen molar-refractivity contribution in [1.29, 1.82) is 0 Å². The van der Waals surface area contributed by atoms with Crippen molar-refractivity contribution in [3.05, 3.63) is 11.6 Å². The number of aliphatic hydroxyl groups excluding tert-OH is 2. The molecule has 0 aliphatic heterocycles. The maximum Gasteiger partial charge on any atom is 0.331 e. The van der Waals surface area contributed by atoms with Crippen LogP contribution in [0, 0.1) is 0 Å². The van der Waals surface area contributed by atoms with Gasteiger partial charge in [-0.1, -0.05) is 19.4 Å². The first-order chi connectivity index (χ1) is 9.40. The van der Waals surface area contributed by atoms with Crippen molar-refractivity contribution in [3.63, 3.8) is 0 Å². The molecule has 118 valence electrons. The van der Waals surface area contributed by atoms with Crippen LogP contribution in [-0.2, 0) is 4.79 Å². The molecule has 1 rings (SSSR count). The second kappa shape index (κ2) is 10.8. The molecule has 0 heterocycles. The van der Waals surface area contributed by atoms with Crippen LogP contribution in [0.3, 0.4) is 0 Å². The van der Waals surface area contributed by atoms with Crippen LogP contribution in [0.4, 0.5) is 0 Å². The molecule has 1 aliphatic rings. The molecule has 0 spiro atoms. The van der Waals surface area contributed by atoms with E-state index in [2.05, 4.69) is 6.92 Å². The summed E-state index contributed by atoms with van der Waals surface area (Å²) in [4.78, 5) is 11.9. The van der Waals surface area contributed by atoms with Crippen molar-refractivity contribution >= 4 is 5.97 Å². The van der Waals surface area contributed by atoms with E-state index in [-0.39, 0.29) is 0 Å². The Hall–Kier alpha value is -0.910. The van der Waals surface area contributed by atoms with Gasteiger partial charge in [-0.05, 0) is 46.0 Å². The predicted octanol–water partition coefficient (Wildman–Crippen LogP) is 2.34. The summed E-state index contributed by atoms with van der Waals surface area (Å²) in [5, 5.41) is 26.8. The lowest BCUT2D eigenvalue weighted by Crippen LogP contribution is -2.40. The maximum atomic E-state index is 10.3. The van der Waals surface area contributed by atoms with Crippen LogP contribution in [0.1, 0.15) is 59.3 Å². The summed E-state index contributed by atoms with van der Waals surface area (Å²) in [7, 11) is 0. The topological polar surface area (TPSA) is 81.0 Å². The lowest BCUT2D eigenvalue weighted by Gasteiger charge is -2.27. The lowest BCUT2D eigenvalue weighted by molar-refractivity contribution is -0.132. The third kappa shape index (κ3) is 8.30. The van der Waals surface area contributed by atoms with E-state index < -0.39 is 18.4 Å². The van der Waals surface area contributed by atoms with E-state index in [0.717, 1.165) is 45.1 Å². The van der Waals surface area contributed by atoms with Crippen LogP contribution in [0.25, 0.3) is 0 Å². The summed E-state index contributed by atoms with van der Waals surface area (Å²) in [6.07, 6.45) is 6.70. The zero-order chi connectivity index (χ0) is 15.5. The summed E-state index contributed by atoms with van der Waals surface area (Å²) < 4.78 is 0. The number of allylic oxidation sites excluding steroid dienone is 1. The summed E-state index contributed by atoms with van der Waals surface area (Å²) in [6.45, 7) is 6.18. The van der Waals surface area contributed by atoms with E-state index in [9.17, 15) is 15.0 Å². The molecule has 5 nitrogen and oxygen atoms in total. The van der Waals surface area contributed by atoms with Crippen molar-refractivity contribution in [1.82, 2.24) is 4.90 Å². The fourth-order valence-corrected chi connectivity index (χ4v) is 2.06. The zero-order valence-electron chi connectivity index (χ0n) is 12.9. The van der Waals surface area contributed by atoms with Crippen molar-refractivity contribution in [3.8, 4) is 0 Å². The van der Waals surface area contributed by atoms with E-state index in [1.54, 1.807) is 18.7 Å². The maximum absolute atomic E-state index is 10.3. The van der Waals surface area contributed by atoms with Gasteiger partial charge in [0.05, 0.1) is 0 Å². The van der Waals surface area contributed by atoms with Gasteiger partial charge >= 0.3 is 5.97 Å². The second-order valence-corrected chi connectivity index (χ2v) is 5.14. The molecule has 0 saturated carbocycles. The van der Waals surface area contributed by atoms with Crippen LogP contribution in [0.2, 0.25) is 0 Å². The molecule has 2 atom stereocenters. The number of hydrogen-bond donors (Lipinski definition) is 3. The van der Waals surface area contributed by atoms with Gasteiger partial charge in [-0.2, -0.15) is 0 Å². The number of nitrogens with zero attached hydrogens (tertiary/aromatic N) is 1. The molecular weight excluding hydrogens is 258 g/mol. The Kier molecular flexibility index (Phi) is 10.3. The predicted molar refractivity (Wildman–Crippen MR) is 79.2 cm³/mol. The average Bonchev–Trinajstić information content (AvgIpc) is 2.40. The molecule has 0 aromatic heterocycles. The van der Waals surface area contributed by atoms with Gasteiger partial charge in [0.25, 0.3) is 0 Å². The molecule has 0 fully saturated rings. The van der Waals surface area contributed by atoms with Crippen molar-refractivity contribution in [2.45, 2.75) is 71.8 Å². The molecule has 5 heteroatoms. The molecule has 0 aromatic carbocycles. The van der Waals surface area contributed by atoms with E-state index in [1.807, 2.05) is 6.08 Å². The minimum absolute atomic E-state index is 0.554. The Bertz CT molecular complexity index is 292. The first-order valence-corrected chi connectivity index (χ1v) is 7.44. The third-order valence-corrected chi connectivity index (χ3v) is 3.30. The van der Waals surface area contributed by atoms with E-state index in [0.29, 0.717) is 5.57 Å². The minimum Gasteiger partial charge on any atom is -0.478 e. The fraction of sp³-hybridized carbons (Fsp3) is 0.800. The molecule has 0 aromatic rings. The van der Waals surface area contributed by atoms with Crippen LogP contribution in [0.15, 0.2) is 11.6 Å². The highest BCUT2D eigenvalue weighted by Gasteiger charge is 2.14. The lowest BCUT2D eigenvalue weighted by atomic mass is 10.0. The third-order valence-electron chi connectivity index (χ3n) is 3.30. The van der Waals surface area contributed by atoms with Crippen LogP contribution in [0.5, 0.6) is 0 Å². The molecule has 0 radical (unpaired) electrons. The number of aliphatic hydroxyl groups is 2. The van der Waals surface area contributed by atoms with E-state index >= 15 is 0 Å². The first kappa shape index (κ1) is 19.1. The van der Waals surface area contributed by atoms with E-state index in [1.165, 1.54) is 0 Å². The van der Waals surface area contributed by atoms with Crippen molar-refractivity contribution in [2.24, 2.45) is 0 Å². The van der Waals surface area contributed by atoms with Gasteiger partial charge in [0, 0.05) is 12.1 Å². The highest BCUT2D eigenvalue weighted by Crippen LogP contribution is 2.16. The first-order valence-electron chi connectivity index (χ1n) is 7.44. The molecule has 0 amide bonds. The van der Waals surface area contributed by atoms with Gasteiger partial charge in [-0.15, -0.1) is 0 Å². The fourth-order valence-electron chi connectivity index (χ4n) is 2.06. The van der Waals surface area contributed by atoms with Crippen LogP contribution in [-0.4, -0.2) is 45.2 Å². The van der Waals surface area contributed by atoms with Gasteiger partial charge < -0.3 is 15.3 Å². The zero-order valence-corrected chi connectivity index (χ0v) is 12.9.